The van der Waals surface area contributed by atoms with Gasteiger partial charge in [0, 0.05) is 19.0 Å². The Morgan fingerprint density at radius 3 is 2.11 bits per heavy atom. The molecule has 0 saturated carbocycles. The standard InChI is InChI=1S/C27H37N3O6/c1-18(2)28-24(33)23(20-11-13-21(32)14-12-20)30(15-16-31)25(34)22(17-19-9-7-6-8-10-19)29-26(35)36-27(3,4)5/h6-14,18,22-23,31-32H,15-17H2,1-5H3,(H,28,33)(H,29,35). The summed E-state index contributed by atoms with van der Waals surface area (Å²) < 4.78 is 5.38. The number of nitrogens with zero attached hydrogens (tertiary/aromatic N) is 1. The van der Waals surface area contributed by atoms with Crippen LogP contribution in [-0.2, 0) is 20.7 Å². The van der Waals surface area contributed by atoms with E-state index in [1.165, 1.54) is 17.0 Å². The second-order valence-corrected chi connectivity index (χ2v) is 9.80. The lowest BCUT2D eigenvalue weighted by Crippen LogP contribution is -2.54. The molecule has 9 heteroatoms. The number of alkyl carbamates (subject to hydrolysis) is 1. The Morgan fingerprint density at radius 2 is 1.58 bits per heavy atom. The topological polar surface area (TPSA) is 128 Å². The van der Waals surface area contributed by atoms with Crippen LogP contribution in [-0.4, -0.2) is 63.9 Å². The third-order valence-electron chi connectivity index (χ3n) is 5.10. The lowest BCUT2D eigenvalue weighted by Gasteiger charge is -2.34. The average molecular weight is 500 g/mol. The largest absolute Gasteiger partial charge is 0.508 e. The molecule has 0 radical (unpaired) electrons. The minimum absolute atomic E-state index is 0.00958. The van der Waals surface area contributed by atoms with Crippen molar-refractivity contribution in [2.24, 2.45) is 0 Å². The second kappa shape index (κ2) is 12.9. The number of carbonyl (C=O) groups is 3. The molecule has 9 nitrogen and oxygen atoms in total. The monoisotopic (exact) mass is 499 g/mol. The van der Waals surface area contributed by atoms with Crippen molar-refractivity contribution in [3.63, 3.8) is 0 Å². The van der Waals surface area contributed by atoms with E-state index in [1.807, 2.05) is 30.3 Å². The number of aromatic hydroxyl groups is 1. The molecule has 2 aromatic rings. The molecular weight excluding hydrogens is 462 g/mol. The van der Waals surface area contributed by atoms with Crippen molar-refractivity contribution < 1.29 is 29.3 Å². The van der Waals surface area contributed by atoms with Gasteiger partial charge in [-0.1, -0.05) is 42.5 Å². The highest BCUT2D eigenvalue weighted by molar-refractivity contribution is 5.92. The van der Waals surface area contributed by atoms with E-state index in [0.717, 1.165) is 5.56 Å². The summed E-state index contributed by atoms with van der Waals surface area (Å²) in [5.74, 6) is -1.00. The highest BCUT2D eigenvalue weighted by Crippen LogP contribution is 2.25. The molecule has 2 rings (SSSR count). The summed E-state index contributed by atoms with van der Waals surface area (Å²) in [4.78, 5) is 41.1. The molecule has 3 amide bonds. The Morgan fingerprint density at radius 1 is 0.972 bits per heavy atom. The molecule has 2 atom stereocenters. The van der Waals surface area contributed by atoms with Gasteiger partial charge in [0.1, 0.15) is 23.4 Å². The van der Waals surface area contributed by atoms with Gasteiger partial charge in [-0.25, -0.2) is 4.79 Å². The summed E-state index contributed by atoms with van der Waals surface area (Å²) in [6.45, 7) is 8.19. The van der Waals surface area contributed by atoms with Crippen LogP contribution in [0.15, 0.2) is 54.6 Å². The van der Waals surface area contributed by atoms with Gasteiger partial charge in [0.2, 0.25) is 11.8 Å². The molecule has 0 fully saturated rings. The molecule has 0 aromatic heterocycles. The molecular formula is C27H37N3O6. The quantitative estimate of drug-likeness (QED) is 0.398. The number of ether oxygens (including phenoxy) is 1. The van der Waals surface area contributed by atoms with Gasteiger partial charge in [0.05, 0.1) is 6.61 Å². The summed E-state index contributed by atoms with van der Waals surface area (Å²) in [7, 11) is 0. The normalized spacial score (nSPS) is 13.0. The van der Waals surface area contributed by atoms with Crippen LogP contribution in [0.25, 0.3) is 0 Å². The predicted molar refractivity (Wildman–Crippen MR) is 136 cm³/mol. The number of hydrogen-bond donors (Lipinski definition) is 4. The fraction of sp³-hybridized carbons (Fsp3) is 0.444. The van der Waals surface area contributed by atoms with E-state index in [2.05, 4.69) is 10.6 Å². The zero-order valence-electron chi connectivity index (χ0n) is 21.5. The van der Waals surface area contributed by atoms with Crippen LogP contribution in [0.1, 0.15) is 51.8 Å². The molecule has 0 spiro atoms. The Bertz CT molecular complexity index is 1000. The average Bonchev–Trinajstić information content (AvgIpc) is 2.78. The molecule has 0 saturated heterocycles. The Kier molecular flexibility index (Phi) is 10.3. The molecule has 0 aliphatic rings. The van der Waals surface area contributed by atoms with Crippen molar-refractivity contribution >= 4 is 17.9 Å². The van der Waals surface area contributed by atoms with Gasteiger partial charge in [-0.15, -0.1) is 0 Å². The van der Waals surface area contributed by atoms with Crippen LogP contribution >= 0.6 is 0 Å². The van der Waals surface area contributed by atoms with E-state index in [1.54, 1.807) is 46.8 Å². The van der Waals surface area contributed by atoms with Crippen LogP contribution in [0.3, 0.4) is 0 Å². The number of aliphatic hydroxyl groups is 1. The molecule has 0 heterocycles. The Labute approximate surface area is 212 Å². The number of nitrogens with one attached hydrogen (secondary N) is 2. The summed E-state index contributed by atoms with van der Waals surface area (Å²) in [6.07, 6.45) is -0.622. The Hall–Kier alpha value is -3.59. The maximum Gasteiger partial charge on any atom is 0.408 e. The van der Waals surface area contributed by atoms with Crippen molar-refractivity contribution in [2.45, 2.75) is 64.8 Å². The highest BCUT2D eigenvalue weighted by atomic mass is 16.6. The van der Waals surface area contributed by atoms with E-state index in [-0.39, 0.29) is 24.8 Å². The van der Waals surface area contributed by atoms with Gasteiger partial charge in [0.25, 0.3) is 0 Å². The number of rotatable bonds is 10. The molecule has 0 bridgehead atoms. The summed E-state index contributed by atoms with van der Waals surface area (Å²) in [5.41, 5.74) is 0.466. The third kappa shape index (κ3) is 8.88. The van der Waals surface area contributed by atoms with E-state index < -0.39 is 42.2 Å². The zero-order valence-corrected chi connectivity index (χ0v) is 21.5. The van der Waals surface area contributed by atoms with Gasteiger partial charge >= 0.3 is 6.09 Å². The smallest absolute Gasteiger partial charge is 0.408 e. The number of aliphatic hydroxyl groups excluding tert-OH is 1. The molecule has 4 N–H and O–H groups in total. The Balaban J connectivity index is 2.49. The maximum atomic E-state index is 13.9. The second-order valence-electron chi connectivity index (χ2n) is 9.80. The van der Waals surface area contributed by atoms with Crippen LogP contribution in [0, 0.1) is 0 Å². The van der Waals surface area contributed by atoms with Crippen molar-refractivity contribution in [3.05, 3.63) is 65.7 Å². The van der Waals surface area contributed by atoms with E-state index >= 15 is 0 Å². The predicted octanol–water partition coefficient (Wildman–Crippen LogP) is 2.91. The number of phenolic OH excluding ortho intramolecular Hbond substituents is 1. The first-order chi connectivity index (χ1) is 16.9. The molecule has 0 aliphatic heterocycles. The zero-order chi connectivity index (χ0) is 26.9. The van der Waals surface area contributed by atoms with Gasteiger partial charge in [-0.2, -0.15) is 0 Å². The van der Waals surface area contributed by atoms with Gasteiger partial charge in [0.15, 0.2) is 0 Å². The molecule has 2 unspecified atom stereocenters. The fourth-order valence-electron chi connectivity index (χ4n) is 3.67. The maximum absolute atomic E-state index is 13.9. The van der Waals surface area contributed by atoms with Crippen LogP contribution < -0.4 is 10.6 Å². The van der Waals surface area contributed by atoms with Crippen molar-refractivity contribution in [1.82, 2.24) is 15.5 Å². The molecule has 36 heavy (non-hydrogen) atoms. The van der Waals surface area contributed by atoms with Gasteiger partial charge < -0.3 is 30.5 Å². The fourth-order valence-corrected chi connectivity index (χ4v) is 3.67. The van der Waals surface area contributed by atoms with Crippen LogP contribution in [0.5, 0.6) is 5.75 Å². The van der Waals surface area contributed by atoms with Gasteiger partial charge in [-0.05, 0) is 57.9 Å². The van der Waals surface area contributed by atoms with Crippen LogP contribution in [0.2, 0.25) is 0 Å². The van der Waals surface area contributed by atoms with Crippen molar-refractivity contribution in [2.75, 3.05) is 13.2 Å². The summed E-state index contributed by atoms with van der Waals surface area (Å²) >= 11 is 0. The molecule has 196 valence electrons. The van der Waals surface area contributed by atoms with E-state index in [0.29, 0.717) is 5.56 Å². The summed E-state index contributed by atoms with van der Waals surface area (Å²) in [6, 6.07) is 12.7. The van der Waals surface area contributed by atoms with Crippen LogP contribution in [0.4, 0.5) is 4.79 Å². The number of hydrogen-bond acceptors (Lipinski definition) is 6. The van der Waals surface area contributed by atoms with E-state index in [9.17, 15) is 24.6 Å². The first-order valence-electron chi connectivity index (χ1n) is 12.0. The number of carbonyl (C=O) groups excluding carboxylic acids is 3. The number of amides is 3. The summed E-state index contributed by atoms with van der Waals surface area (Å²) in [5, 5.41) is 25.0. The molecule has 2 aromatic carbocycles. The highest BCUT2D eigenvalue weighted by Gasteiger charge is 2.36. The van der Waals surface area contributed by atoms with E-state index in [4.69, 9.17) is 4.74 Å². The first kappa shape index (κ1) is 28.6. The van der Waals surface area contributed by atoms with Crippen molar-refractivity contribution in [3.8, 4) is 5.75 Å². The first-order valence-corrected chi connectivity index (χ1v) is 12.0. The number of benzene rings is 2. The van der Waals surface area contributed by atoms with Crippen molar-refractivity contribution in [1.29, 1.82) is 0 Å². The lowest BCUT2D eigenvalue weighted by molar-refractivity contribution is -0.143. The lowest BCUT2D eigenvalue weighted by atomic mass is 10.00. The minimum Gasteiger partial charge on any atom is -0.508 e. The van der Waals surface area contributed by atoms with Gasteiger partial charge in [-0.3, -0.25) is 9.59 Å². The SMILES string of the molecule is CC(C)NC(=O)C(c1ccc(O)cc1)N(CCO)C(=O)C(Cc1ccccc1)NC(=O)OC(C)(C)C. The number of phenols is 1. The minimum atomic E-state index is -1.11. The third-order valence-corrected chi connectivity index (χ3v) is 5.10. The molecule has 0 aliphatic carbocycles.